The van der Waals surface area contributed by atoms with E-state index in [0.717, 1.165) is 5.56 Å². The minimum absolute atomic E-state index is 0. The predicted molar refractivity (Wildman–Crippen MR) is 129 cm³/mol. The number of benzene rings is 3. The second-order valence-electron chi connectivity index (χ2n) is 8.50. The Morgan fingerprint density at radius 1 is 0.946 bits per heavy atom. The molecule has 2 amide bonds. The summed E-state index contributed by atoms with van der Waals surface area (Å²) in [6.07, 6.45) is -0.197. The van der Waals surface area contributed by atoms with E-state index < -0.39 is 13.9 Å². The first-order chi connectivity index (χ1) is 16.6. The van der Waals surface area contributed by atoms with Gasteiger partial charge in [0.05, 0.1) is 13.9 Å². The molecule has 3 aromatic carbocycles. The molecule has 182 valence electrons. The van der Waals surface area contributed by atoms with Gasteiger partial charge in [-0.2, -0.15) is 0 Å². The molecule has 1 heterocycles. The van der Waals surface area contributed by atoms with Gasteiger partial charge >= 0.3 is 59.1 Å². The van der Waals surface area contributed by atoms with Gasteiger partial charge in [-0.3, -0.25) is 9.59 Å². The second-order valence-corrected chi connectivity index (χ2v) is 9.60. The van der Waals surface area contributed by atoms with Crippen LogP contribution in [0.2, 0.25) is 0 Å². The summed E-state index contributed by atoms with van der Waals surface area (Å²) >= 11 is 0. The first-order valence-electron chi connectivity index (χ1n) is 11.2. The van der Waals surface area contributed by atoms with E-state index in [1.165, 1.54) is 0 Å². The van der Waals surface area contributed by atoms with Gasteiger partial charge in [-0.05, 0) is 68.1 Å². The summed E-state index contributed by atoms with van der Waals surface area (Å²) in [5.74, 6) is -0.497. The molecule has 1 aliphatic heterocycles. The maximum atomic E-state index is 13.5. The summed E-state index contributed by atoms with van der Waals surface area (Å²) in [6.45, 7) is 3.99. The number of hydrogen-bond donors (Lipinski definition) is 1. The number of rotatable bonds is 5. The number of phosphoric acid groups is 1. The molecule has 0 saturated heterocycles. The quantitative estimate of drug-likeness (QED) is 0.293. The van der Waals surface area contributed by atoms with E-state index in [-0.39, 0.29) is 77.3 Å². The number of hydrogen-bond acceptors (Lipinski definition) is 6. The molecule has 0 aromatic heterocycles. The van der Waals surface area contributed by atoms with Gasteiger partial charge in [0.15, 0.2) is 0 Å². The average Bonchev–Trinajstić information content (AvgIpc) is 2.97. The van der Waals surface area contributed by atoms with Crippen LogP contribution in [0.15, 0.2) is 66.7 Å². The summed E-state index contributed by atoms with van der Waals surface area (Å²) in [6, 6.07) is 19.2. The number of amides is 2. The fourth-order valence-electron chi connectivity index (χ4n) is 4.35. The van der Waals surface area contributed by atoms with Gasteiger partial charge in [-0.25, -0.2) is 0 Å². The molecular weight excluding hydrogens is 513 g/mol. The summed E-state index contributed by atoms with van der Waals surface area (Å²) in [7, 11) is -5.20. The van der Waals surface area contributed by atoms with Crippen molar-refractivity contribution in [2.45, 2.75) is 32.8 Å². The fourth-order valence-corrected chi connectivity index (χ4v) is 4.88. The monoisotopic (exact) mass is 538 g/mol. The molecule has 4 rings (SSSR count). The van der Waals surface area contributed by atoms with Gasteiger partial charge in [0.25, 0.3) is 11.8 Å². The van der Waals surface area contributed by atoms with E-state index >= 15 is 0 Å². The largest absolute Gasteiger partial charge is 1.00 e. The molecule has 1 N–H and O–H groups in total. The van der Waals surface area contributed by atoms with E-state index in [4.69, 9.17) is 4.52 Å². The predicted octanol–water partition coefficient (Wildman–Crippen LogP) is -2.11. The Morgan fingerprint density at radius 2 is 1.62 bits per heavy atom. The van der Waals surface area contributed by atoms with E-state index in [2.05, 4.69) is 5.32 Å². The number of fused-ring (bicyclic) bond motifs is 1. The van der Waals surface area contributed by atoms with Crippen LogP contribution in [0.1, 0.15) is 56.4 Å². The second kappa shape index (κ2) is 13.7. The zero-order valence-electron chi connectivity index (χ0n) is 21.4. The van der Waals surface area contributed by atoms with Crippen LogP contribution in [0.4, 0.5) is 11.4 Å². The van der Waals surface area contributed by atoms with Crippen molar-refractivity contribution in [2.24, 2.45) is 0 Å². The first-order valence-corrected chi connectivity index (χ1v) is 12.7. The number of para-hydroxylation sites is 1. The van der Waals surface area contributed by atoms with Gasteiger partial charge in [-0.15, -0.1) is 0 Å². The molecule has 8 nitrogen and oxygen atoms in total. The van der Waals surface area contributed by atoms with Crippen LogP contribution >= 0.6 is 7.82 Å². The van der Waals surface area contributed by atoms with Gasteiger partial charge in [-0.1, -0.05) is 36.4 Å². The van der Waals surface area contributed by atoms with Crippen LogP contribution in [-0.2, 0) is 9.09 Å². The Balaban J connectivity index is 0.00000241. The van der Waals surface area contributed by atoms with Crippen LogP contribution in [0, 0.1) is 13.8 Å². The Bertz CT molecular complexity index is 1330. The normalized spacial score (nSPS) is 14.9. The van der Waals surface area contributed by atoms with Crippen LogP contribution < -0.4 is 79.1 Å². The summed E-state index contributed by atoms with van der Waals surface area (Å²) < 4.78 is 16.1. The molecule has 1 atom stereocenters. The number of carbonyl (C=O) groups is 2. The number of nitrogens with one attached hydrogen (secondary N) is 1. The summed E-state index contributed by atoms with van der Waals surface area (Å²) in [4.78, 5) is 50.3. The van der Waals surface area contributed by atoms with Crippen molar-refractivity contribution in [2.75, 3.05) is 16.8 Å². The molecule has 3 aromatic rings. The zero-order valence-corrected chi connectivity index (χ0v) is 26.3. The number of phosphoric ester groups is 1. The average molecular weight is 538 g/mol. The number of carbonyl (C=O) groups excluding carboxylic acids is 2. The Labute approximate surface area is 260 Å². The fraction of sp³-hybridized carbons (Fsp3) is 0.231. The third kappa shape index (κ3) is 7.87. The van der Waals surface area contributed by atoms with Gasteiger partial charge in [0.2, 0.25) is 0 Å². The molecule has 0 radical (unpaired) electrons. The molecule has 0 saturated carbocycles. The van der Waals surface area contributed by atoms with E-state index in [0.29, 0.717) is 46.6 Å². The third-order valence-corrected chi connectivity index (χ3v) is 6.54. The van der Waals surface area contributed by atoms with E-state index in [1.807, 2.05) is 19.1 Å². The van der Waals surface area contributed by atoms with Crippen LogP contribution in [0.3, 0.4) is 0 Å². The smallest absolute Gasteiger partial charge is 0.790 e. The van der Waals surface area contributed by atoms with E-state index in [9.17, 15) is 23.9 Å². The number of nitrogens with zero attached hydrogens (tertiary/aromatic N) is 1. The number of anilines is 2. The van der Waals surface area contributed by atoms with Crippen molar-refractivity contribution in [1.82, 2.24) is 0 Å². The molecule has 1 unspecified atom stereocenters. The Morgan fingerprint density at radius 3 is 2.30 bits per heavy atom. The summed E-state index contributed by atoms with van der Waals surface area (Å²) in [5, 5.41) is 2.87. The van der Waals surface area contributed by atoms with Crippen LogP contribution in [-0.4, -0.2) is 18.4 Å². The van der Waals surface area contributed by atoms with Gasteiger partial charge < -0.3 is 29.1 Å². The SMILES string of the molecule is Cc1ccccc1C(=O)Nc1ccc(C(=O)N2CCCC(OP(=O)([O-])[O-])c3ccccc32)c(C)c1.[Na+].[Na+]. The van der Waals surface area contributed by atoms with Crippen molar-refractivity contribution < 1.29 is 87.6 Å². The van der Waals surface area contributed by atoms with Crippen molar-refractivity contribution in [3.05, 3.63) is 94.5 Å². The van der Waals surface area contributed by atoms with Crippen molar-refractivity contribution in [3.63, 3.8) is 0 Å². The van der Waals surface area contributed by atoms with Crippen molar-refractivity contribution in [1.29, 1.82) is 0 Å². The standard InChI is InChI=1S/C26H27N2O6P.2Na/c1-17-8-3-4-9-20(17)25(29)27-19-13-14-21(18(2)16-19)26(30)28-15-7-12-24(34-35(31,32)33)22-10-5-6-11-23(22)28;;/h3-6,8-11,13-14,16,24H,7,12,15H2,1-2H3,(H,27,29)(H2,31,32,33);;/q;2*+1/p-2. The Hall–Kier alpha value is -1.29. The summed E-state index contributed by atoms with van der Waals surface area (Å²) in [5.41, 5.74) is 4.11. The number of aryl methyl sites for hydroxylation is 2. The van der Waals surface area contributed by atoms with Crippen LogP contribution in [0.25, 0.3) is 0 Å². The molecule has 11 heteroatoms. The minimum atomic E-state index is -5.20. The molecule has 0 fully saturated rings. The molecule has 37 heavy (non-hydrogen) atoms. The topological polar surface area (TPSA) is 122 Å². The van der Waals surface area contributed by atoms with Crippen LogP contribution in [0.5, 0.6) is 0 Å². The van der Waals surface area contributed by atoms with Gasteiger partial charge in [0, 0.05) is 34.6 Å². The zero-order chi connectivity index (χ0) is 25.2. The third-order valence-electron chi connectivity index (χ3n) is 6.03. The maximum absolute atomic E-state index is 13.5. The Kier molecular flexibility index (Phi) is 11.8. The molecule has 0 spiro atoms. The van der Waals surface area contributed by atoms with Gasteiger partial charge in [0.1, 0.15) is 0 Å². The first kappa shape index (κ1) is 31.9. The molecule has 0 bridgehead atoms. The van der Waals surface area contributed by atoms with E-state index in [1.54, 1.807) is 66.4 Å². The van der Waals surface area contributed by atoms with Crippen molar-refractivity contribution >= 4 is 31.0 Å². The minimum Gasteiger partial charge on any atom is -0.790 e. The molecular formula is C26H25N2Na2O6P. The van der Waals surface area contributed by atoms with Crippen molar-refractivity contribution in [3.8, 4) is 0 Å². The maximum Gasteiger partial charge on any atom is 1.00 e. The molecule has 1 aliphatic rings. The molecule has 0 aliphatic carbocycles.